The van der Waals surface area contributed by atoms with Crippen LogP contribution in [-0.2, 0) is 4.79 Å². The summed E-state index contributed by atoms with van der Waals surface area (Å²) in [5.74, 6) is -2.19. The van der Waals surface area contributed by atoms with Crippen LogP contribution in [0.3, 0.4) is 0 Å². The number of nitrogens with zero attached hydrogens (tertiary/aromatic N) is 1. The lowest BCUT2D eigenvalue weighted by Gasteiger charge is -2.07. The second-order valence-electron chi connectivity index (χ2n) is 5.66. The summed E-state index contributed by atoms with van der Waals surface area (Å²) in [5.41, 5.74) is 8.43. The fourth-order valence-corrected chi connectivity index (χ4v) is 2.11. The van der Waals surface area contributed by atoms with Crippen molar-refractivity contribution in [3.05, 3.63) is 53.6 Å². The molecule has 27 heavy (non-hydrogen) atoms. The molecule has 140 valence electrons. The zero-order chi connectivity index (χ0) is 20.0. The lowest BCUT2D eigenvalue weighted by molar-refractivity contribution is -0.115. The maximum absolute atomic E-state index is 12.0. The van der Waals surface area contributed by atoms with Crippen molar-refractivity contribution in [2.24, 2.45) is 10.8 Å². The maximum Gasteiger partial charge on any atom is 0.275 e. The molecule has 0 unspecified atom stereocenters. The number of hydrogen-bond acceptors (Lipinski definition) is 6. The van der Waals surface area contributed by atoms with E-state index in [1.807, 2.05) is 0 Å². The van der Waals surface area contributed by atoms with Gasteiger partial charge >= 0.3 is 0 Å². The van der Waals surface area contributed by atoms with E-state index < -0.39 is 17.6 Å². The summed E-state index contributed by atoms with van der Waals surface area (Å²) < 4.78 is 0. The minimum atomic E-state index is -0.686. The van der Waals surface area contributed by atoms with Gasteiger partial charge in [-0.15, -0.1) is 0 Å². The molecule has 0 fully saturated rings. The van der Waals surface area contributed by atoms with Gasteiger partial charge in [-0.3, -0.25) is 14.4 Å². The van der Waals surface area contributed by atoms with Crippen molar-refractivity contribution in [2.45, 2.75) is 13.3 Å². The van der Waals surface area contributed by atoms with Gasteiger partial charge in [-0.2, -0.15) is 5.10 Å². The number of phenols is 2. The third-order valence-electron chi connectivity index (χ3n) is 3.44. The van der Waals surface area contributed by atoms with Gasteiger partial charge in [0.05, 0.1) is 12.0 Å². The Balaban J connectivity index is 1.91. The smallest absolute Gasteiger partial charge is 0.275 e. The van der Waals surface area contributed by atoms with E-state index in [0.717, 1.165) is 6.07 Å². The number of nitrogens with one attached hydrogen (secondary N) is 2. The van der Waals surface area contributed by atoms with Crippen molar-refractivity contribution in [2.75, 3.05) is 5.32 Å². The van der Waals surface area contributed by atoms with E-state index in [0.29, 0.717) is 17.0 Å². The summed E-state index contributed by atoms with van der Waals surface area (Å²) in [7, 11) is 0. The molecule has 0 radical (unpaired) electrons. The number of carbonyl (C=O) groups is 3. The van der Waals surface area contributed by atoms with Gasteiger partial charge in [-0.1, -0.05) is 0 Å². The Morgan fingerprint density at radius 2 is 1.74 bits per heavy atom. The van der Waals surface area contributed by atoms with Gasteiger partial charge in [0.2, 0.25) is 11.8 Å². The third kappa shape index (κ3) is 5.56. The number of anilines is 1. The first-order valence-corrected chi connectivity index (χ1v) is 7.81. The average molecular weight is 370 g/mol. The number of amides is 3. The number of nitrogens with two attached hydrogens (primary N) is 1. The number of rotatable bonds is 6. The molecule has 0 aliphatic carbocycles. The molecule has 0 saturated carbocycles. The molecule has 3 amide bonds. The molecule has 0 bridgehead atoms. The predicted molar refractivity (Wildman–Crippen MR) is 98.6 cm³/mol. The Morgan fingerprint density at radius 3 is 2.33 bits per heavy atom. The maximum atomic E-state index is 12.0. The second kappa shape index (κ2) is 8.48. The molecular formula is C18H18N4O5. The van der Waals surface area contributed by atoms with Crippen molar-refractivity contribution in [3.8, 4) is 11.5 Å². The number of hydrogen-bond donors (Lipinski definition) is 5. The highest BCUT2D eigenvalue weighted by molar-refractivity contribution is 6.06. The molecule has 0 aliphatic rings. The molecule has 2 rings (SSSR count). The molecule has 6 N–H and O–H groups in total. The minimum absolute atomic E-state index is 0.0663. The van der Waals surface area contributed by atoms with Crippen molar-refractivity contribution in [3.63, 3.8) is 0 Å². The van der Waals surface area contributed by atoms with Crippen LogP contribution < -0.4 is 16.5 Å². The fraction of sp³-hybridized carbons (Fsp3) is 0.111. The minimum Gasteiger partial charge on any atom is -0.508 e. The quantitative estimate of drug-likeness (QED) is 0.383. The van der Waals surface area contributed by atoms with Gasteiger partial charge in [0.25, 0.3) is 5.91 Å². The summed E-state index contributed by atoms with van der Waals surface area (Å²) in [6, 6.07) is 9.59. The van der Waals surface area contributed by atoms with Crippen LogP contribution >= 0.6 is 0 Å². The van der Waals surface area contributed by atoms with Crippen molar-refractivity contribution < 1.29 is 24.6 Å². The highest BCUT2D eigenvalue weighted by atomic mass is 16.3. The van der Waals surface area contributed by atoms with Gasteiger partial charge in [0.1, 0.15) is 11.5 Å². The van der Waals surface area contributed by atoms with Gasteiger partial charge in [-0.05, 0) is 43.3 Å². The third-order valence-corrected chi connectivity index (χ3v) is 3.44. The molecule has 9 heteroatoms. The summed E-state index contributed by atoms with van der Waals surface area (Å²) >= 11 is 0. The number of phenolic OH excluding ortho intramolecular Hbond substituents is 2. The van der Waals surface area contributed by atoms with Crippen LogP contribution in [0.2, 0.25) is 0 Å². The Labute approximate surface area is 154 Å². The van der Waals surface area contributed by atoms with Crippen LogP contribution in [0, 0.1) is 0 Å². The first kappa shape index (κ1) is 19.4. The van der Waals surface area contributed by atoms with E-state index >= 15 is 0 Å². The monoisotopic (exact) mass is 370 g/mol. The molecule has 2 aromatic carbocycles. The van der Waals surface area contributed by atoms with Crippen LogP contribution in [0.4, 0.5) is 5.69 Å². The molecule has 9 nitrogen and oxygen atoms in total. The number of aromatic hydroxyl groups is 2. The van der Waals surface area contributed by atoms with Crippen LogP contribution in [0.25, 0.3) is 0 Å². The summed E-state index contributed by atoms with van der Waals surface area (Å²) in [4.78, 5) is 34.9. The molecule has 0 aliphatic heterocycles. The largest absolute Gasteiger partial charge is 0.508 e. The highest BCUT2D eigenvalue weighted by Crippen LogP contribution is 2.22. The van der Waals surface area contributed by atoms with Crippen LogP contribution in [0.1, 0.15) is 34.1 Å². The van der Waals surface area contributed by atoms with Gasteiger partial charge in [-0.25, -0.2) is 5.43 Å². The van der Waals surface area contributed by atoms with Gasteiger partial charge in [0, 0.05) is 23.0 Å². The zero-order valence-electron chi connectivity index (χ0n) is 14.4. The van der Waals surface area contributed by atoms with E-state index in [9.17, 15) is 24.6 Å². The van der Waals surface area contributed by atoms with Crippen molar-refractivity contribution >= 4 is 29.1 Å². The summed E-state index contributed by atoms with van der Waals surface area (Å²) in [6.07, 6.45) is -0.0839. The fourth-order valence-electron chi connectivity index (χ4n) is 2.11. The Hall–Kier alpha value is -3.88. The molecule has 0 saturated heterocycles. The molecular weight excluding hydrogens is 352 g/mol. The number of carbonyl (C=O) groups excluding carboxylic acids is 3. The highest BCUT2D eigenvalue weighted by Gasteiger charge is 2.12. The van der Waals surface area contributed by atoms with Gasteiger partial charge in [0.15, 0.2) is 0 Å². The lowest BCUT2D eigenvalue weighted by Crippen LogP contribution is -2.21. The molecule has 2 aromatic rings. The average Bonchev–Trinajstić information content (AvgIpc) is 2.60. The Morgan fingerprint density at radius 1 is 1.07 bits per heavy atom. The number of hydrazone groups is 1. The van der Waals surface area contributed by atoms with E-state index in [4.69, 9.17) is 5.73 Å². The first-order valence-electron chi connectivity index (χ1n) is 7.81. The lowest BCUT2D eigenvalue weighted by atomic mass is 10.2. The van der Waals surface area contributed by atoms with E-state index in [-0.39, 0.29) is 23.6 Å². The Kier molecular flexibility index (Phi) is 6.10. The normalized spacial score (nSPS) is 10.9. The molecule has 0 heterocycles. The van der Waals surface area contributed by atoms with Gasteiger partial charge < -0.3 is 21.3 Å². The van der Waals surface area contributed by atoms with Crippen LogP contribution in [0.5, 0.6) is 11.5 Å². The van der Waals surface area contributed by atoms with E-state index in [1.54, 1.807) is 19.1 Å². The first-order chi connectivity index (χ1) is 12.8. The SMILES string of the molecule is CC(CC(=O)Nc1ccc(C(N)=O)cc1)=NNC(=O)c1ccc(O)cc1O. The molecule has 0 spiro atoms. The summed E-state index contributed by atoms with van der Waals surface area (Å²) in [5, 5.41) is 25.3. The molecule has 0 aromatic heterocycles. The number of benzene rings is 2. The molecule has 0 atom stereocenters. The van der Waals surface area contributed by atoms with Crippen molar-refractivity contribution in [1.29, 1.82) is 0 Å². The standard InChI is InChI=1S/C18H18N4O5/c1-10(21-22-18(27)14-7-6-13(23)9-15(14)24)8-16(25)20-12-4-2-11(3-5-12)17(19)26/h2-7,9,23-24H,8H2,1H3,(H2,19,26)(H,20,25)(H,22,27). The van der Waals surface area contributed by atoms with E-state index in [2.05, 4.69) is 15.8 Å². The topological polar surface area (TPSA) is 154 Å². The van der Waals surface area contributed by atoms with Crippen LogP contribution in [-0.4, -0.2) is 33.6 Å². The zero-order valence-corrected chi connectivity index (χ0v) is 14.4. The predicted octanol–water partition coefficient (Wildman–Crippen LogP) is 1.33. The van der Waals surface area contributed by atoms with Crippen molar-refractivity contribution in [1.82, 2.24) is 5.43 Å². The summed E-state index contributed by atoms with van der Waals surface area (Å²) in [6.45, 7) is 1.55. The van der Waals surface area contributed by atoms with E-state index in [1.165, 1.54) is 24.3 Å². The Bertz CT molecular complexity index is 906. The number of primary amides is 1. The second-order valence-corrected chi connectivity index (χ2v) is 5.66. The van der Waals surface area contributed by atoms with Crippen LogP contribution in [0.15, 0.2) is 47.6 Å².